The standard InChI is InChI=1S/C28H48O14/c1-12(7-6-8-13(2)11-38-26-22(34)20(32)17(29)14(3)39-26)9-10-37-27-24(36)25(19(31)16(5)40-27)42-28-23(35)21(33)18(30)15(4)41-28/h8-9,14-36H,6-7,10-11H2,1-5H3. The van der Waals surface area contributed by atoms with Gasteiger partial charge in [0.05, 0.1) is 31.5 Å². The highest BCUT2D eigenvalue weighted by Crippen LogP contribution is 2.29. The van der Waals surface area contributed by atoms with Gasteiger partial charge in [-0.15, -0.1) is 0 Å². The van der Waals surface area contributed by atoms with Crippen LogP contribution in [0.1, 0.15) is 47.5 Å². The second kappa shape index (κ2) is 15.8. The van der Waals surface area contributed by atoms with Crippen LogP contribution in [-0.4, -0.2) is 146 Å². The third kappa shape index (κ3) is 8.76. The maximum Gasteiger partial charge on any atom is 0.187 e. The van der Waals surface area contributed by atoms with Crippen molar-refractivity contribution in [2.75, 3.05) is 13.2 Å². The molecule has 14 nitrogen and oxygen atoms in total. The van der Waals surface area contributed by atoms with Gasteiger partial charge >= 0.3 is 0 Å². The summed E-state index contributed by atoms with van der Waals surface area (Å²) in [4.78, 5) is 0. The Morgan fingerprint density at radius 2 is 1.07 bits per heavy atom. The first-order chi connectivity index (χ1) is 19.7. The van der Waals surface area contributed by atoms with Gasteiger partial charge in [-0.2, -0.15) is 0 Å². The average molecular weight is 609 g/mol. The van der Waals surface area contributed by atoms with Crippen molar-refractivity contribution in [3.05, 3.63) is 23.3 Å². The Kier molecular flexibility index (Phi) is 13.3. The number of ether oxygens (including phenoxy) is 6. The minimum Gasteiger partial charge on any atom is -0.388 e. The van der Waals surface area contributed by atoms with Crippen LogP contribution >= 0.6 is 0 Å². The summed E-state index contributed by atoms with van der Waals surface area (Å²) in [5.74, 6) is 0. The molecule has 8 N–H and O–H groups in total. The van der Waals surface area contributed by atoms with Crippen molar-refractivity contribution in [3.63, 3.8) is 0 Å². The smallest absolute Gasteiger partial charge is 0.187 e. The van der Waals surface area contributed by atoms with E-state index in [0.717, 1.165) is 11.1 Å². The SMILES string of the molecule is CC(=CCOC1OC(C)C(O)C(OC2OC(C)C(O)C(O)C2O)C1O)CCC=C(C)COC1OC(C)C(O)C(O)C1O. The zero-order valence-corrected chi connectivity index (χ0v) is 24.7. The molecule has 0 amide bonds. The highest BCUT2D eigenvalue weighted by atomic mass is 16.7. The lowest BCUT2D eigenvalue weighted by molar-refractivity contribution is -0.353. The number of aliphatic hydroxyl groups is 8. The molecule has 3 rings (SSSR count). The Balaban J connectivity index is 1.44. The molecule has 15 unspecified atom stereocenters. The fourth-order valence-electron chi connectivity index (χ4n) is 4.93. The number of hydrogen-bond donors (Lipinski definition) is 8. The second-order valence-electron chi connectivity index (χ2n) is 11.4. The normalized spacial score (nSPS) is 45.7. The van der Waals surface area contributed by atoms with Gasteiger partial charge in [0, 0.05) is 0 Å². The number of aliphatic hydroxyl groups excluding tert-OH is 8. The minimum absolute atomic E-state index is 0.0999. The van der Waals surface area contributed by atoms with E-state index >= 15 is 0 Å². The monoisotopic (exact) mass is 608 g/mol. The predicted octanol–water partition coefficient (Wildman–Crippen LogP) is -1.80. The Morgan fingerprint density at radius 3 is 1.67 bits per heavy atom. The largest absolute Gasteiger partial charge is 0.388 e. The Labute approximate surface area is 245 Å². The molecule has 0 radical (unpaired) electrons. The average Bonchev–Trinajstić information content (AvgIpc) is 2.95. The van der Waals surface area contributed by atoms with Crippen LogP contribution < -0.4 is 0 Å². The van der Waals surface area contributed by atoms with Crippen molar-refractivity contribution in [2.45, 2.75) is 140 Å². The van der Waals surface area contributed by atoms with Gasteiger partial charge in [-0.05, 0) is 47.5 Å². The lowest BCUT2D eigenvalue weighted by Crippen LogP contribution is -2.63. The molecular weight excluding hydrogens is 560 g/mol. The molecule has 14 heteroatoms. The van der Waals surface area contributed by atoms with E-state index in [0.29, 0.717) is 12.8 Å². The quantitative estimate of drug-likeness (QED) is 0.121. The van der Waals surface area contributed by atoms with E-state index in [-0.39, 0.29) is 13.2 Å². The first-order valence-corrected chi connectivity index (χ1v) is 14.3. The van der Waals surface area contributed by atoms with E-state index in [1.165, 1.54) is 6.92 Å². The molecule has 3 saturated heterocycles. The van der Waals surface area contributed by atoms with Gasteiger partial charge in [-0.25, -0.2) is 0 Å². The van der Waals surface area contributed by atoms with Crippen molar-refractivity contribution in [1.29, 1.82) is 0 Å². The van der Waals surface area contributed by atoms with Gasteiger partial charge in [-0.1, -0.05) is 23.3 Å². The second-order valence-corrected chi connectivity index (χ2v) is 11.4. The molecule has 0 spiro atoms. The molecule has 15 atom stereocenters. The van der Waals surface area contributed by atoms with Gasteiger partial charge in [0.1, 0.15) is 54.9 Å². The van der Waals surface area contributed by atoms with E-state index in [4.69, 9.17) is 28.4 Å². The van der Waals surface area contributed by atoms with Crippen LogP contribution in [0.25, 0.3) is 0 Å². The summed E-state index contributed by atoms with van der Waals surface area (Å²) in [6.07, 6.45) is -13.0. The summed E-state index contributed by atoms with van der Waals surface area (Å²) in [5, 5.41) is 81.3. The van der Waals surface area contributed by atoms with Crippen LogP contribution in [-0.2, 0) is 28.4 Å². The van der Waals surface area contributed by atoms with Crippen LogP contribution in [0, 0.1) is 0 Å². The van der Waals surface area contributed by atoms with Crippen molar-refractivity contribution in [2.24, 2.45) is 0 Å². The fraction of sp³-hybridized carbons (Fsp3) is 0.857. The molecule has 0 saturated carbocycles. The number of rotatable bonds is 11. The molecule has 0 aromatic heterocycles. The molecule has 42 heavy (non-hydrogen) atoms. The van der Waals surface area contributed by atoms with E-state index in [2.05, 4.69) is 0 Å². The summed E-state index contributed by atoms with van der Waals surface area (Å²) in [6, 6.07) is 0. The van der Waals surface area contributed by atoms with Crippen LogP contribution in [0.2, 0.25) is 0 Å². The molecule has 3 aliphatic rings. The van der Waals surface area contributed by atoms with E-state index in [9.17, 15) is 40.9 Å². The summed E-state index contributed by atoms with van der Waals surface area (Å²) in [6.45, 7) is 8.72. The molecular formula is C28H48O14. The van der Waals surface area contributed by atoms with Crippen molar-refractivity contribution in [1.82, 2.24) is 0 Å². The highest BCUT2D eigenvalue weighted by molar-refractivity contribution is 5.04. The molecule has 244 valence electrons. The Hall–Kier alpha value is -1.08. The van der Waals surface area contributed by atoms with Gasteiger partial charge in [0.25, 0.3) is 0 Å². The van der Waals surface area contributed by atoms with Crippen LogP contribution in [0.5, 0.6) is 0 Å². The maximum atomic E-state index is 10.8. The zero-order chi connectivity index (χ0) is 31.3. The van der Waals surface area contributed by atoms with Crippen LogP contribution in [0.4, 0.5) is 0 Å². The van der Waals surface area contributed by atoms with Crippen molar-refractivity contribution < 1.29 is 69.3 Å². The first-order valence-electron chi connectivity index (χ1n) is 14.3. The van der Waals surface area contributed by atoms with Crippen LogP contribution in [0.15, 0.2) is 23.3 Å². The Bertz CT molecular complexity index is 900. The zero-order valence-electron chi connectivity index (χ0n) is 24.7. The first kappa shape index (κ1) is 35.4. The van der Waals surface area contributed by atoms with E-state index in [1.807, 2.05) is 26.0 Å². The molecule has 0 aromatic carbocycles. The molecule has 0 bridgehead atoms. The molecule has 3 aliphatic heterocycles. The Morgan fingerprint density at radius 1 is 0.571 bits per heavy atom. The molecule has 3 fully saturated rings. The highest BCUT2D eigenvalue weighted by Gasteiger charge is 2.49. The predicted molar refractivity (Wildman–Crippen MR) is 145 cm³/mol. The minimum atomic E-state index is -1.60. The molecule has 3 heterocycles. The van der Waals surface area contributed by atoms with Gasteiger partial charge < -0.3 is 69.3 Å². The van der Waals surface area contributed by atoms with Gasteiger partial charge in [-0.3, -0.25) is 0 Å². The number of allylic oxidation sites excluding steroid dienone is 2. The van der Waals surface area contributed by atoms with Gasteiger partial charge in [0.15, 0.2) is 18.9 Å². The maximum absolute atomic E-state index is 10.8. The van der Waals surface area contributed by atoms with Crippen molar-refractivity contribution >= 4 is 0 Å². The lowest BCUT2D eigenvalue weighted by atomic mass is 9.97. The summed E-state index contributed by atoms with van der Waals surface area (Å²) >= 11 is 0. The molecule has 0 aromatic rings. The van der Waals surface area contributed by atoms with E-state index < -0.39 is 92.1 Å². The third-order valence-electron chi connectivity index (χ3n) is 7.89. The summed E-state index contributed by atoms with van der Waals surface area (Å²) in [5.41, 5.74) is 1.90. The van der Waals surface area contributed by atoms with E-state index in [1.54, 1.807) is 13.8 Å². The van der Waals surface area contributed by atoms with Crippen LogP contribution in [0.3, 0.4) is 0 Å². The topological polar surface area (TPSA) is 217 Å². The van der Waals surface area contributed by atoms with Gasteiger partial charge in [0.2, 0.25) is 0 Å². The molecule has 0 aliphatic carbocycles. The lowest BCUT2D eigenvalue weighted by Gasteiger charge is -2.45. The third-order valence-corrected chi connectivity index (χ3v) is 7.89. The van der Waals surface area contributed by atoms with Crippen molar-refractivity contribution in [3.8, 4) is 0 Å². The summed E-state index contributed by atoms with van der Waals surface area (Å²) < 4.78 is 33.4. The fourth-order valence-corrected chi connectivity index (χ4v) is 4.93. The number of hydrogen-bond acceptors (Lipinski definition) is 14. The summed E-state index contributed by atoms with van der Waals surface area (Å²) in [7, 11) is 0.